The molecule has 19 heavy (non-hydrogen) atoms. The average Bonchev–Trinajstić information content (AvgIpc) is 2.96. The predicted molar refractivity (Wildman–Crippen MR) is 72.8 cm³/mol. The van der Waals surface area contributed by atoms with E-state index >= 15 is 0 Å². The number of oxazole rings is 1. The third-order valence-electron chi connectivity index (χ3n) is 3.00. The van der Waals surface area contributed by atoms with Gasteiger partial charge in [-0.1, -0.05) is 12.1 Å². The zero-order chi connectivity index (χ0) is 13.4. The van der Waals surface area contributed by atoms with Crippen LogP contribution in [0, 0.1) is 0 Å². The molecule has 98 valence electrons. The van der Waals surface area contributed by atoms with Crippen molar-refractivity contribution < 1.29 is 9.52 Å². The predicted octanol–water partition coefficient (Wildman–Crippen LogP) is 1.48. The molecule has 0 bridgehead atoms. The second-order valence-corrected chi connectivity index (χ2v) is 4.45. The maximum absolute atomic E-state index is 9.86. The van der Waals surface area contributed by atoms with Crippen LogP contribution in [0.4, 0.5) is 11.7 Å². The van der Waals surface area contributed by atoms with Crippen molar-refractivity contribution >= 4 is 17.4 Å². The molecule has 1 aliphatic rings. The smallest absolute Gasteiger partial charge is 0.292 e. The van der Waals surface area contributed by atoms with Crippen LogP contribution in [0.5, 0.6) is 0 Å². The third kappa shape index (κ3) is 2.17. The van der Waals surface area contributed by atoms with Crippen molar-refractivity contribution in [1.82, 2.24) is 4.98 Å². The highest BCUT2D eigenvalue weighted by molar-refractivity contribution is 5.89. The number of hydrogen-bond acceptors (Lipinski definition) is 6. The molecule has 0 fully saturated rings. The number of aliphatic hydroxyl groups excluding tert-OH is 1. The van der Waals surface area contributed by atoms with E-state index < -0.39 is 6.35 Å². The van der Waals surface area contributed by atoms with Gasteiger partial charge in [0.15, 0.2) is 5.76 Å². The lowest BCUT2D eigenvalue weighted by atomic mass is 10.1. The van der Waals surface area contributed by atoms with Gasteiger partial charge in [0, 0.05) is 17.0 Å². The minimum absolute atomic E-state index is 0.140. The number of nitrogen functional groups attached to an aromatic ring is 1. The molecule has 0 saturated carbocycles. The van der Waals surface area contributed by atoms with E-state index in [4.69, 9.17) is 10.2 Å². The van der Waals surface area contributed by atoms with Crippen LogP contribution in [0.2, 0.25) is 0 Å². The molecule has 0 spiro atoms. The summed E-state index contributed by atoms with van der Waals surface area (Å²) in [5.41, 5.74) is 8.11. The van der Waals surface area contributed by atoms with Crippen LogP contribution in [0.3, 0.4) is 0 Å². The van der Waals surface area contributed by atoms with Gasteiger partial charge in [-0.2, -0.15) is 0 Å². The average molecular weight is 258 g/mol. The Morgan fingerprint density at radius 2 is 2.32 bits per heavy atom. The van der Waals surface area contributed by atoms with Crippen molar-refractivity contribution in [3.63, 3.8) is 0 Å². The van der Waals surface area contributed by atoms with Gasteiger partial charge in [-0.15, -0.1) is 0 Å². The van der Waals surface area contributed by atoms with Crippen LogP contribution >= 0.6 is 0 Å². The highest BCUT2D eigenvalue weighted by Gasteiger charge is 2.22. The molecular weight excluding hydrogens is 244 g/mol. The Hall–Kier alpha value is -2.34. The molecule has 2 aromatic rings. The molecule has 1 unspecified atom stereocenters. The molecule has 3 rings (SSSR count). The summed E-state index contributed by atoms with van der Waals surface area (Å²) in [5.74, 6) is 0.602. The van der Waals surface area contributed by atoms with Crippen molar-refractivity contribution in [2.24, 2.45) is 4.99 Å². The van der Waals surface area contributed by atoms with E-state index in [0.29, 0.717) is 12.3 Å². The lowest BCUT2D eigenvalue weighted by molar-refractivity contribution is 0.191. The lowest BCUT2D eigenvalue weighted by Gasteiger charge is -2.21. The van der Waals surface area contributed by atoms with Gasteiger partial charge in [0.2, 0.25) is 6.35 Å². The monoisotopic (exact) mass is 258 g/mol. The van der Waals surface area contributed by atoms with E-state index in [1.165, 1.54) is 0 Å². The molecule has 3 N–H and O–H groups in total. The topological polar surface area (TPSA) is 87.9 Å². The van der Waals surface area contributed by atoms with Crippen molar-refractivity contribution in [2.75, 3.05) is 17.2 Å². The lowest BCUT2D eigenvalue weighted by Crippen LogP contribution is -2.30. The molecular formula is C13H14N4O2. The summed E-state index contributed by atoms with van der Waals surface area (Å²) in [6, 6.07) is 7.77. The van der Waals surface area contributed by atoms with Crippen LogP contribution in [0.25, 0.3) is 11.3 Å². The van der Waals surface area contributed by atoms with Crippen molar-refractivity contribution in [3.8, 4) is 11.3 Å². The Morgan fingerprint density at radius 1 is 1.47 bits per heavy atom. The highest BCUT2D eigenvalue weighted by Crippen LogP contribution is 2.28. The molecule has 1 atom stereocenters. The largest absolute Gasteiger partial charge is 0.424 e. The van der Waals surface area contributed by atoms with Gasteiger partial charge < -0.3 is 20.2 Å². The van der Waals surface area contributed by atoms with Crippen molar-refractivity contribution in [3.05, 3.63) is 30.5 Å². The SMILES string of the molecule is CC1=NC(O)N(c2cccc(-c3cnc(N)o3)c2)C1. The maximum Gasteiger partial charge on any atom is 0.292 e. The number of anilines is 2. The van der Waals surface area contributed by atoms with E-state index in [9.17, 15) is 5.11 Å². The zero-order valence-corrected chi connectivity index (χ0v) is 10.4. The normalized spacial score (nSPS) is 18.7. The molecule has 6 nitrogen and oxygen atoms in total. The van der Waals surface area contributed by atoms with Gasteiger partial charge in [0.1, 0.15) is 0 Å². The molecule has 2 heterocycles. The molecule has 1 aliphatic heterocycles. The first-order valence-electron chi connectivity index (χ1n) is 5.93. The highest BCUT2D eigenvalue weighted by atomic mass is 16.4. The van der Waals surface area contributed by atoms with Crippen LogP contribution in [-0.2, 0) is 0 Å². The molecule has 0 aliphatic carbocycles. The van der Waals surface area contributed by atoms with Crippen molar-refractivity contribution in [1.29, 1.82) is 0 Å². The van der Waals surface area contributed by atoms with Gasteiger partial charge >= 0.3 is 0 Å². The summed E-state index contributed by atoms with van der Waals surface area (Å²) in [4.78, 5) is 9.77. The molecule has 0 saturated heterocycles. The minimum Gasteiger partial charge on any atom is -0.424 e. The number of benzene rings is 1. The maximum atomic E-state index is 9.86. The molecule has 1 aromatic carbocycles. The number of rotatable bonds is 2. The fraction of sp³-hybridized carbons (Fsp3) is 0.231. The first-order chi connectivity index (χ1) is 9.13. The van der Waals surface area contributed by atoms with Crippen LogP contribution in [0.15, 0.2) is 39.9 Å². The van der Waals surface area contributed by atoms with E-state index in [1.54, 1.807) is 11.1 Å². The second-order valence-electron chi connectivity index (χ2n) is 4.45. The number of aliphatic hydroxyl groups is 1. The van der Waals surface area contributed by atoms with E-state index in [2.05, 4.69) is 9.98 Å². The van der Waals surface area contributed by atoms with Gasteiger partial charge in [0.05, 0.1) is 12.7 Å². The van der Waals surface area contributed by atoms with Gasteiger partial charge in [-0.05, 0) is 19.1 Å². The van der Waals surface area contributed by atoms with E-state index in [1.807, 2.05) is 31.2 Å². The van der Waals surface area contributed by atoms with Crippen LogP contribution < -0.4 is 10.6 Å². The fourth-order valence-corrected chi connectivity index (χ4v) is 2.12. The zero-order valence-electron chi connectivity index (χ0n) is 10.4. The Labute approximate surface area is 110 Å². The van der Waals surface area contributed by atoms with Gasteiger partial charge in [-0.3, -0.25) is 0 Å². The number of aliphatic imine (C=N–C) groups is 1. The standard InChI is InChI=1S/C13H14N4O2/c1-8-7-17(13(18)16-8)10-4-2-3-9(5-10)11-6-15-12(14)19-11/h2-6,13,18H,7H2,1H3,(H2,14,15). The van der Waals surface area contributed by atoms with Crippen LogP contribution in [0.1, 0.15) is 6.92 Å². The first-order valence-corrected chi connectivity index (χ1v) is 5.93. The van der Waals surface area contributed by atoms with E-state index in [0.717, 1.165) is 17.0 Å². The second kappa shape index (κ2) is 4.40. The quantitative estimate of drug-likeness (QED) is 0.851. The van der Waals surface area contributed by atoms with Crippen LogP contribution in [-0.4, -0.2) is 28.7 Å². The molecule has 0 amide bonds. The molecule has 0 radical (unpaired) electrons. The first kappa shape index (κ1) is 11.7. The Bertz CT molecular complexity index is 635. The minimum atomic E-state index is -0.824. The summed E-state index contributed by atoms with van der Waals surface area (Å²) in [6.07, 6.45) is 0.756. The Balaban J connectivity index is 1.93. The summed E-state index contributed by atoms with van der Waals surface area (Å²) >= 11 is 0. The Morgan fingerprint density at radius 3 is 2.95 bits per heavy atom. The summed E-state index contributed by atoms with van der Waals surface area (Å²) < 4.78 is 5.29. The Kier molecular flexibility index (Phi) is 2.72. The summed E-state index contributed by atoms with van der Waals surface area (Å²) in [5, 5.41) is 9.86. The van der Waals surface area contributed by atoms with E-state index in [-0.39, 0.29) is 6.01 Å². The van der Waals surface area contributed by atoms with Crippen molar-refractivity contribution in [2.45, 2.75) is 13.3 Å². The van der Waals surface area contributed by atoms with Gasteiger partial charge in [0.25, 0.3) is 6.01 Å². The number of aromatic nitrogens is 1. The third-order valence-corrected chi connectivity index (χ3v) is 3.00. The summed E-state index contributed by atoms with van der Waals surface area (Å²) in [6.45, 7) is 2.51. The number of hydrogen-bond donors (Lipinski definition) is 2. The number of nitrogens with two attached hydrogens (primary N) is 1. The molecule has 1 aromatic heterocycles. The summed E-state index contributed by atoms with van der Waals surface area (Å²) in [7, 11) is 0. The van der Waals surface area contributed by atoms with Gasteiger partial charge in [-0.25, -0.2) is 9.98 Å². The molecule has 6 heteroatoms. The number of nitrogens with zero attached hydrogens (tertiary/aromatic N) is 3. The fourth-order valence-electron chi connectivity index (χ4n) is 2.12.